The molecular weight excluding hydrogens is 732 g/mol. The molecule has 2 saturated heterocycles. The molecule has 10 atom stereocenters. The van der Waals surface area contributed by atoms with Crippen LogP contribution in [0.15, 0.2) is 91.0 Å². The van der Waals surface area contributed by atoms with Crippen molar-refractivity contribution in [2.24, 2.45) is 0 Å². The number of aliphatic hydroxyl groups is 1. The van der Waals surface area contributed by atoms with Gasteiger partial charge in [-0.3, -0.25) is 19.2 Å². The summed E-state index contributed by atoms with van der Waals surface area (Å²) >= 11 is 0. The number of rotatable bonds is 17. The topological polar surface area (TPSA) is 181 Å². The average Bonchev–Trinajstić information content (AvgIpc) is 3.17. The molecule has 1 N–H and O–H groups in total. The van der Waals surface area contributed by atoms with Gasteiger partial charge in [-0.2, -0.15) is 0 Å². The monoisotopic (exact) mass is 780 g/mol. The number of benzene rings is 3. The summed E-state index contributed by atoms with van der Waals surface area (Å²) in [5.74, 6) is -3.00. The van der Waals surface area contributed by atoms with Crippen LogP contribution in [0, 0.1) is 0 Å². The SMILES string of the molecule is CC(=O)OC[C@H]1OC(OC[C@H]2O[C@H](O)[C@H](OCc3ccccc3)[C@@H](OCc3ccccc3)[C@@H]2OCc2ccccc2)[C@H](OC(C)=O)[C@@H](OC(C)=O)[C@@H]1OC(C)=O. The van der Waals surface area contributed by atoms with E-state index in [4.69, 9.17) is 47.4 Å². The maximum absolute atomic E-state index is 12.4. The fourth-order valence-corrected chi connectivity index (χ4v) is 6.41. The number of esters is 4. The third-order valence-corrected chi connectivity index (χ3v) is 8.84. The van der Waals surface area contributed by atoms with Crippen LogP contribution >= 0.6 is 0 Å². The second-order valence-corrected chi connectivity index (χ2v) is 13.2. The van der Waals surface area contributed by atoms with Crippen molar-refractivity contribution in [3.8, 4) is 0 Å². The molecule has 0 radical (unpaired) electrons. The van der Waals surface area contributed by atoms with Gasteiger partial charge in [0.2, 0.25) is 0 Å². The Morgan fingerprint density at radius 1 is 0.482 bits per heavy atom. The highest BCUT2D eigenvalue weighted by atomic mass is 16.7. The largest absolute Gasteiger partial charge is 0.463 e. The first-order valence-electron chi connectivity index (χ1n) is 18.2. The average molecular weight is 781 g/mol. The second kappa shape index (κ2) is 21.0. The number of hydrogen-bond donors (Lipinski definition) is 1. The normalized spacial score (nSPS) is 27.4. The molecule has 302 valence electrons. The van der Waals surface area contributed by atoms with Crippen molar-refractivity contribution in [1.29, 1.82) is 0 Å². The molecule has 3 aromatic carbocycles. The Hall–Kier alpha value is -4.74. The Morgan fingerprint density at radius 2 is 0.911 bits per heavy atom. The predicted octanol–water partition coefficient (Wildman–Crippen LogP) is 3.56. The van der Waals surface area contributed by atoms with Gasteiger partial charge in [-0.15, -0.1) is 0 Å². The van der Waals surface area contributed by atoms with Crippen LogP contribution in [0.2, 0.25) is 0 Å². The fraction of sp³-hybridized carbons (Fsp3) is 0.463. The van der Waals surface area contributed by atoms with Crippen molar-refractivity contribution in [3.63, 3.8) is 0 Å². The number of carbonyl (C=O) groups excluding carboxylic acids is 4. The van der Waals surface area contributed by atoms with Crippen LogP contribution in [0.3, 0.4) is 0 Å². The van der Waals surface area contributed by atoms with E-state index < -0.39 is 91.9 Å². The van der Waals surface area contributed by atoms with Gasteiger partial charge < -0.3 is 52.5 Å². The first kappa shape index (κ1) is 42.4. The van der Waals surface area contributed by atoms with Gasteiger partial charge in [-0.05, 0) is 16.7 Å². The summed E-state index contributed by atoms with van der Waals surface area (Å²) in [6.07, 6.45) is -12.5. The van der Waals surface area contributed by atoms with E-state index in [1.807, 2.05) is 91.0 Å². The second-order valence-electron chi connectivity index (χ2n) is 13.2. The van der Waals surface area contributed by atoms with Gasteiger partial charge in [0.05, 0.1) is 26.4 Å². The zero-order valence-corrected chi connectivity index (χ0v) is 31.6. The Morgan fingerprint density at radius 3 is 1.39 bits per heavy atom. The van der Waals surface area contributed by atoms with Gasteiger partial charge in [0.15, 0.2) is 30.9 Å². The lowest BCUT2D eigenvalue weighted by molar-refractivity contribution is -0.339. The van der Waals surface area contributed by atoms with Crippen LogP contribution < -0.4 is 0 Å². The van der Waals surface area contributed by atoms with Gasteiger partial charge in [0.25, 0.3) is 0 Å². The molecule has 0 bridgehead atoms. The quantitative estimate of drug-likeness (QED) is 0.155. The molecule has 56 heavy (non-hydrogen) atoms. The van der Waals surface area contributed by atoms with E-state index in [0.717, 1.165) is 37.5 Å². The molecule has 15 nitrogen and oxygen atoms in total. The maximum atomic E-state index is 12.4. The molecule has 2 fully saturated rings. The molecule has 0 amide bonds. The number of carbonyl (C=O) groups is 4. The number of hydrogen-bond acceptors (Lipinski definition) is 15. The van der Waals surface area contributed by atoms with Gasteiger partial charge in [-0.25, -0.2) is 0 Å². The van der Waals surface area contributed by atoms with Crippen LogP contribution in [0.25, 0.3) is 0 Å². The lowest BCUT2D eigenvalue weighted by atomic mass is 9.97. The van der Waals surface area contributed by atoms with Crippen molar-refractivity contribution in [2.45, 2.75) is 109 Å². The Labute approximate surface area is 325 Å². The zero-order chi connectivity index (χ0) is 40.0. The van der Waals surface area contributed by atoms with E-state index >= 15 is 0 Å². The lowest BCUT2D eigenvalue weighted by Crippen LogP contribution is -2.64. The van der Waals surface area contributed by atoms with Gasteiger partial charge in [-0.1, -0.05) is 91.0 Å². The van der Waals surface area contributed by atoms with Gasteiger partial charge in [0, 0.05) is 27.7 Å². The molecule has 5 rings (SSSR count). The van der Waals surface area contributed by atoms with E-state index in [9.17, 15) is 24.3 Å². The van der Waals surface area contributed by atoms with Crippen LogP contribution in [0.4, 0.5) is 0 Å². The van der Waals surface area contributed by atoms with Crippen LogP contribution in [0.1, 0.15) is 44.4 Å². The smallest absolute Gasteiger partial charge is 0.303 e. The van der Waals surface area contributed by atoms with Crippen molar-refractivity contribution >= 4 is 23.9 Å². The Bertz CT molecular complexity index is 1690. The van der Waals surface area contributed by atoms with Crippen molar-refractivity contribution in [1.82, 2.24) is 0 Å². The highest BCUT2D eigenvalue weighted by molar-refractivity contribution is 5.68. The summed E-state index contributed by atoms with van der Waals surface area (Å²) in [6.45, 7) is 4.16. The molecule has 1 unspecified atom stereocenters. The van der Waals surface area contributed by atoms with Crippen molar-refractivity contribution < 1.29 is 71.7 Å². The Kier molecular flexibility index (Phi) is 15.9. The minimum atomic E-state index is -1.53. The van der Waals surface area contributed by atoms with E-state index in [2.05, 4.69) is 0 Å². The van der Waals surface area contributed by atoms with E-state index in [0.29, 0.717) is 0 Å². The number of aliphatic hydroxyl groups excluding tert-OH is 1. The molecule has 15 heteroatoms. The van der Waals surface area contributed by atoms with Gasteiger partial charge in [0.1, 0.15) is 37.1 Å². The molecule has 0 aliphatic carbocycles. The molecule has 2 heterocycles. The molecule has 0 aromatic heterocycles. The maximum Gasteiger partial charge on any atom is 0.303 e. The minimum absolute atomic E-state index is 0.122. The first-order chi connectivity index (χ1) is 27.0. The van der Waals surface area contributed by atoms with Crippen molar-refractivity contribution in [2.75, 3.05) is 13.2 Å². The summed E-state index contributed by atoms with van der Waals surface area (Å²) in [6, 6.07) is 28.3. The summed E-state index contributed by atoms with van der Waals surface area (Å²) in [5, 5.41) is 11.5. The summed E-state index contributed by atoms with van der Waals surface area (Å²) < 4.78 is 59.7. The standard InChI is InChI=1S/C41H48O15/c1-25(42)47-23-33-35(52-26(2)43)37(53-27(3)44)39(54-28(4)45)41(56-33)51-24-32-34(48-20-29-14-8-5-9-15-29)36(49-21-30-16-10-6-11-17-30)38(40(46)55-32)50-22-31-18-12-7-13-19-31/h5-19,32-41,46H,20-24H2,1-4H3/t32-,33-,34-,35-,36+,37+,38-,39-,40+,41?/m1/s1. The number of ether oxygens (including phenoxy) is 10. The molecule has 2 aliphatic rings. The first-order valence-corrected chi connectivity index (χ1v) is 18.2. The van der Waals surface area contributed by atoms with E-state index in [1.165, 1.54) is 6.92 Å². The molecule has 3 aromatic rings. The molecule has 2 aliphatic heterocycles. The summed E-state index contributed by atoms with van der Waals surface area (Å²) in [7, 11) is 0. The fourth-order valence-electron chi connectivity index (χ4n) is 6.41. The molecular formula is C41H48O15. The van der Waals surface area contributed by atoms with Crippen molar-refractivity contribution in [3.05, 3.63) is 108 Å². The van der Waals surface area contributed by atoms with Gasteiger partial charge >= 0.3 is 23.9 Å². The van der Waals surface area contributed by atoms with Crippen LogP contribution in [-0.4, -0.2) is 104 Å². The van der Waals surface area contributed by atoms with E-state index in [1.54, 1.807) is 0 Å². The summed E-state index contributed by atoms with van der Waals surface area (Å²) in [4.78, 5) is 48.7. The van der Waals surface area contributed by atoms with Crippen LogP contribution in [0.5, 0.6) is 0 Å². The molecule has 0 saturated carbocycles. The minimum Gasteiger partial charge on any atom is -0.463 e. The third-order valence-electron chi connectivity index (χ3n) is 8.84. The van der Waals surface area contributed by atoms with E-state index in [-0.39, 0.29) is 26.4 Å². The zero-order valence-electron chi connectivity index (χ0n) is 31.6. The lowest BCUT2D eigenvalue weighted by Gasteiger charge is -2.46. The highest BCUT2D eigenvalue weighted by Crippen LogP contribution is 2.33. The Balaban J connectivity index is 1.46. The predicted molar refractivity (Wildman–Crippen MR) is 194 cm³/mol. The summed E-state index contributed by atoms with van der Waals surface area (Å²) in [5.41, 5.74) is 2.57. The third kappa shape index (κ3) is 12.4. The highest BCUT2D eigenvalue weighted by Gasteiger charge is 2.54. The molecule has 0 spiro atoms. The van der Waals surface area contributed by atoms with Crippen LogP contribution in [-0.2, 0) is 86.4 Å².